The number of rotatable bonds is 4. The van der Waals surface area contributed by atoms with Crippen molar-refractivity contribution in [2.45, 2.75) is 6.92 Å². The lowest BCUT2D eigenvalue weighted by molar-refractivity contribution is 0.102. The van der Waals surface area contributed by atoms with Gasteiger partial charge in [0.15, 0.2) is 5.96 Å². The van der Waals surface area contributed by atoms with Crippen LogP contribution in [0.15, 0.2) is 53.5 Å². The smallest absolute Gasteiger partial charge is 0.255 e. The van der Waals surface area contributed by atoms with Crippen LogP contribution in [0.1, 0.15) is 16.1 Å². The maximum atomic E-state index is 13.0. The van der Waals surface area contributed by atoms with Crippen molar-refractivity contribution in [3.63, 3.8) is 0 Å². The van der Waals surface area contributed by atoms with Crippen molar-refractivity contribution in [3.05, 3.63) is 65.6 Å². The first kappa shape index (κ1) is 17.6. The van der Waals surface area contributed by atoms with E-state index in [4.69, 9.17) is 11.5 Å². The fourth-order valence-corrected chi connectivity index (χ4v) is 3.31. The third-order valence-electron chi connectivity index (χ3n) is 3.50. The number of amides is 1. The zero-order chi connectivity index (χ0) is 18.7. The second-order valence-corrected chi connectivity index (χ2v) is 6.47. The minimum absolute atomic E-state index is 0.0504. The number of benzene rings is 2. The van der Waals surface area contributed by atoms with Crippen LogP contribution in [0, 0.1) is 12.7 Å². The van der Waals surface area contributed by atoms with E-state index in [0.717, 1.165) is 16.1 Å². The Morgan fingerprint density at radius 2 is 1.92 bits per heavy atom. The molecule has 0 aliphatic carbocycles. The molecular formula is C18H16FN5OS. The number of nitrogens with one attached hydrogen (secondary N) is 1. The first-order valence-corrected chi connectivity index (χ1v) is 8.48. The van der Waals surface area contributed by atoms with Crippen molar-refractivity contribution in [3.8, 4) is 10.4 Å². The van der Waals surface area contributed by atoms with Crippen LogP contribution in [-0.4, -0.2) is 16.9 Å². The van der Waals surface area contributed by atoms with Gasteiger partial charge in [0.25, 0.3) is 5.91 Å². The van der Waals surface area contributed by atoms with Crippen LogP contribution < -0.4 is 16.8 Å². The summed E-state index contributed by atoms with van der Waals surface area (Å²) < 4.78 is 13.0. The monoisotopic (exact) mass is 369 g/mol. The molecule has 26 heavy (non-hydrogen) atoms. The Bertz CT molecular complexity index is 978. The van der Waals surface area contributed by atoms with E-state index in [1.54, 1.807) is 6.07 Å². The largest absolute Gasteiger partial charge is 0.370 e. The van der Waals surface area contributed by atoms with Gasteiger partial charge in [0.2, 0.25) is 5.13 Å². The standard InChI is InChI=1S/C18H16FN5OS/c1-10-15(26-18(22-10)24-17(20)21)12-3-2-4-14(9-12)23-16(25)11-5-7-13(19)8-6-11/h2-9H,1H3,(H,23,25)(H4,20,21,22,24). The van der Waals surface area contributed by atoms with E-state index in [9.17, 15) is 9.18 Å². The fourth-order valence-electron chi connectivity index (χ4n) is 2.35. The summed E-state index contributed by atoms with van der Waals surface area (Å²) >= 11 is 1.35. The van der Waals surface area contributed by atoms with Crippen LogP contribution in [0.2, 0.25) is 0 Å². The van der Waals surface area contributed by atoms with Gasteiger partial charge < -0.3 is 16.8 Å². The Kier molecular flexibility index (Phi) is 4.94. The minimum Gasteiger partial charge on any atom is -0.370 e. The maximum Gasteiger partial charge on any atom is 0.255 e. The molecule has 6 nitrogen and oxygen atoms in total. The highest BCUT2D eigenvalue weighted by atomic mass is 32.1. The van der Waals surface area contributed by atoms with Crippen LogP contribution in [0.3, 0.4) is 0 Å². The summed E-state index contributed by atoms with van der Waals surface area (Å²) in [6, 6.07) is 12.7. The third-order valence-corrected chi connectivity index (χ3v) is 4.60. The lowest BCUT2D eigenvalue weighted by Crippen LogP contribution is -2.21. The van der Waals surface area contributed by atoms with Gasteiger partial charge in [-0.25, -0.2) is 9.37 Å². The van der Waals surface area contributed by atoms with Crippen molar-refractivity contribution in [2.24, 2.45) is 16.5 Å². The molecule has 0 saturated carbocycles. The Hall–Kier alpha value is -3.26. The number of aryl methyl sites for hydroxylation is 1. The third kappa shape index (κ3) is 4.04. The predicted octanol–water partition coefficient (Wildman–Crippen LogP) is 3.41. The summed E-state index contributed by atoms with van der Waals surface area (Å²) in [5.74, 6) is -0.754. The number of nitrogens with two attached hydrogens (primary N) is 2. The van der Waals surface area contributed by atoms with Gasteiger partial charge in [0.05, 0.1) is 10.6 Å². The quantitative estimate of drug-likeness (QED) is 0.484. The topological polar surface area (TPSA) is 106 Å². The number of aliphatic imine (C=N–C) groups is 1. The molecule has 2 aromatic carbocycles. The lowest BCUT2D eigenvalue weighted by atomic mass is 10.1. The summed E-state index contributed by atoms with van der Waals surface area (Å²) in [4.78, 5) is 21.5. The Morgan fingerprint density at radius 3 is 2.62 bits per heavy atom. The lowest BCUT2D eigenvalue weighted by Gasteiger charge is -2.07. The van der Waals surface area contributed by atoms with Gasteiger partial charge in [-0.1, -0.05) is 23.5 Å². The molecule has 0 spiro atoms. The highest BCUT2D eigenvalue weighted by molar-refractivity contribution is 7.18. The number of thiazole rings is 1. The Labute approximate surface area is 153 Å². The van der Waals surface area contributed by atoms with Gasteiger partial charge in [-0.05, 0) is 48.9 Å². The number of carbonyl (C=O) groups excluding carboxylic acids is 1. The summed E-state index contributed by atoms with van der Waals surface area (Å²) in [6.07, 6.45) is 0. The minimum atomic E-state index is -0.388. The van der Waals surface area contributed by atoms with Crippen LogP contribution in [0.25, 0.3) is 10.4 Å². The van der Waals surface area contributed by atoms with E-state index in [1.165, 1.54) is 35.6 Å². The zero-order valence-electron chi connectivity index (χ0n) is 13.9. The molecule has 0 radical (unpaired) electrons. The number of hydrogen-bond acceptors (Lipinski definition) is 4. The van der Waals surface area contributed by atoms with E-state index in [2.05, 4.69) is 15.3 Å². The molecule has 8 heteroatoms. The molecule has 1 amide bonds. The SMILES string of the molecule is Cc1nc(N=C(N)N)sc1-c1cccc(NC(=O)c2ccc(F)cc2)c1. The van der Waals surface area contributed by atoms with Crippen molar-refractivity contribution < 1.29 is 9.18 Å². The molecule has 3 rings (SSSR count). The number of halogens is 1. The molecule has 132 valence electrons. The van der Waals surface area contributed by atoms with Crippen LogP contribution in [0.5, 0.6) is 0 Å². The molecular weight excluding hydrogens is 353 g/mol. The molecule has 0 bridgehead atoms. The molecule has 0 fully saturated rings. The van der Waals surface area contributed by atoms with E-state index < -0.39 is 0 Å². The number of nitrogens with zero attached hydrogens (tertiary/aromatic N) is 2. The Balaban J connectivity index is 1.84. The van der Waals surface area contributed by atoms with E-state index in [0.29, 0.717) is 16.4 Å². The number of anilines is 1. The van der Waals surface area contributed by atoms with Gasteiger partial charge in [-0.15, -0.1) is 0 Å². The molecule has 0 unspecified atom stereocenters. The maximum absolute atomic E-state index is 13.0. The van der Waals surface area contributed by atoms with E-state index in [1.807, 2.05) is 25.1 Å². The van der Waals surface area contributed by atoms with E-state index in [-0.39, 0.29) is 17.7 Å². The second kappa shape index (κ2) is 7.32. The first-order chi connectivity index (χ1) is 12.4. The highest BCUT2D eigenvalue weighted by Crippen LogP contribution is 2.35. The summed E-state index contributed by atoms with van der Waals surface area (Å²) in [5, 5.41) is 3.27. The molecule has 1 heterocycles. The molecule has 1 aromatic heterocycles. The van der Waals surface area contributed by atoms with Gasteiger partial charge in [-0.3, -0.25) is 4.79 Å². The number of guanidine groups is 1. The highest BCUT2D eigenvalue weighted by Gasteiger charge is 2.11. The predicted molar refractivity (Wildman–Crippen MR) is 102 cm³/mol. The second-order valence-electron chi connectivity index (χ2n) is 5.49. The zero-order valence-corrected chi connectivity index (χ0v) is 14.7. The van der Waals surface area contributed by atoms with Gasteiger partial charge in [0.1, 0.15) is 5.82 Å². The van der Waals surface area contributed by atoms with Gasteiger partial charge in [0, 0.05) is 11.3 Å². The number of carbonyl (C=O) groups is 1. The molecule has 0 aliphatic heterocycles. The van der Waals surface area contributed by atoms with Crippen molar-refractivity contribution in [1.29, 1.82) is 0 Å². The van der Waals surface area contributed by atoms with Crippen molar-refractivity contribution >= 4 is 34.0 Å². The first-order valence-electron chi connectivity index (χ1n) is 7.67. The Morgan fingerprint density at radius 1 is 1.19 bits per heavy atom. The van der Waals surface area contributed by atoms with E-state index >= 15 is 0 Å². The van der Waals surface area contributed by atoms with Crippen LogP contribution >= 0.6 is 11.3 Å². The molecule has 0 saturated heterocycles. The summed E-state index contributed by atoms with van der Waals surface area (Å²) in [6.45, 7) is 1.86. The van der Waals surface area contributed by atoms with Gasteiger partial charge in [-0.2, -0.15) is 4.99 Å². The number of hydrogen-bond donors (Lipinski definition) is 3. The van der Waals surface area contributed by atoms with Crippen LogP contribution in [0.4, 0.5) is 15.2 Å². The van der Waals surface area contributed by atoms with Crippen molar-refractivity contribution in [2.75, 3.05) is 5.32 Å². The van der Waals surface area contributed by atoms with Gasteiger partial charge >= 0.3 is 0 Å². The molecule has 0 aliphatic rings. The molecule has 3 aromatic rings. The average molecular weight is 369 g/mol. The summed E-state index contributed by atoms with van der Waals surface area (Å²) in [5.41, 5.74) is 13.4. The van der Waals surface area contributed by atoms with Crippen LogP contribution in [-0.2, 0) is 0 Å². The number of aromatic nitrogens is 1. The molecule has 0 atom stereocenters. The average Bonchev–Trinajstić information content (AvgIpc) is 2.95. The van der Waals surface area contributed by atoms with Crippen molar-refractivity contribution in [1.82, 2.24) is 4.98 Å². The summed E-state index contributed by atoms with van der Waals surface area (Å²) in [7, 11) is 0. The normalized spacial score (nSPS) is 10.4. The molecule has 5 N–H and O–H groups in total. The fraction of sp³-hybridized carbons (Fsp3) is 0.0556.